The van der Waals surface area contributed by atoms with Crippen LogP contribution in [0.25, 0.3) is 0 Å². The molecular weight excluding hydrogens is 260 g/mol. The maximum Gasteiger partial charge on any atom is 0.287 e. The highest BCUT2D eigenvalue weighted by molar-refractivity contribution is 5.93. The molecular formula is C13H20N4O3. The van der Waals surface area contributed by atoms with Gasteiger partial charge in [-0.3, -0.25) is 14.9 Å². The van der Waals surface area contributed by atoms with Crippen molar-refractivity contribution in [3.8, 4) is 0 Å². The number of piperidine rings is 1. The predicted molar refractivity (Wildman–Crippen MR) is 74.5 cm³/mol. The molecule has 1 aliphatic heterocycles. The van der Waals surface area contributed by atoms with E-state index in [1.807, 2.05) is 6.92 Å². The molecule has 1 fully saturated rings. The molecule has 0 saturated carbocycles. The number of aromatic nitrogens is 1. The molecule has 20 heavy (non-hydrogen) atoms. The van der Waals surface area contributed by atoms with Gasteiger partial charge in [0.05, 0.1) is 11.1 Å². The van der Waals surface area contributed by atoms with Crippen LogP contribution in [0.3, 0.4) is 0 Å². The zero-order chi connectivity index (χ0) is 14.7. The number of aryl methyl sites for hydroxylation is 1. The lowest BCUT2D eigenvalue weighted by atomic mass is 10.1. The van der Waals surface area contributed by atoms with E-state index in [1.54, 1.807) is 9.47 Å². The maximum absolute atomic E-state index is 12.5. The maximum atomic E-state index is 12.5. The van der Waals surface area contributed by atoms with E-state index in [2.05, 4.69) is 0 Å². The first-order chi connectivity index (χ1) is 9.52. The lowest BCUT2D eigenvalue weighted by Crippen LogP contribution is -2.46. The second-order valence-electron chi connectivity index (χ2n) is 5.19. The van der Waals surface area contributed by atoms with Gasteiger partial charge < -0.3 is 15.2 Å². The largest absolute Gasteiger partial charge is 0.337 e. The third-order valence-electron chi connectivity index (χ3n) is 3.52. The SMILES string of the molecule is CCCn1cc([N+](=O)[O-])cc1C(=O)N1CCCC(N)C1. The Morgan fingerprint density at radius 1 is 1.60 bits per heavy atom. The van der Waals surface area contributed by atoms with Gasteiger partial charge in [-0.05, 0) is 19.3 Å². The average molecular weight is 280 g/mol. The molecule has 0 aromatic carbocycles. The number of carbonyl (C=O) groups is 1. The number of nitro groups is 1. The van der Waals surface area contributed by atoms with Crippen molar-refractivity contribution in [3.05, 3.63) is 28.1 Å². The number of rotatable bonds is 4. The summed E-state index contributed by atoms with van der Waals surface area (Å²) in [6, 6.07) is 1.36. The molecule has 1 aliphatic rings. The first kappa shape index (κ1) is 14.5. The van der Waals surface area contributed by atoms with Crippen LogP contribution >= 0.6 is 0 Å². The molecule has 2 rings (SSSR count). The van der Waals surface area contributed by atoms with Crippen LogP contribution in [0.15, 0.2) is 12.3 Å². The molecule has 1 amide bonds. The number of nitrogens with zero attached hydrogens (tertiary/aromatic N) is 3. The second-order valence-corrected chi connectivity index (χ2v) is 5.19. The molecule has 110 valence electrons. The van der Waals surface area contributed by atoms with Gasteiger partial charge >= 0.3 is 0 Å². The molecule has 2 N–H and O–H groups in total. The zero-order valence-electron chi connectivity index (χ0n) is 11.6. The minimum Gasteiger partial charge on any atom is -0.337 e. The first-order valence-corrected chi connectivity index (χ1v) is 6.92. The lowest BCUT2D eigenvalue weighted by Gasteiger charge is -2.30. The summed E-state index contributed by atoms with van der Waals surface area (Å²) >= 11 is 0. The van der Waals surface area contributed by atoms with E-state index in [0.717, 1.165) is 19.3 Å². The fourth-order valence-electron chi connectivity index (χ4n) is 2.56. The van der Waals surface area contributed by atoms with Gasteiger partial charge in [0.2, 0.25) is 0 Å². The van der Waals surface area contributed by atoms with Gasteiger partial charge in [0.1, 0.15) is 5.69 Å². The Morgan fingerprint density at radius 3 is 2.95 bits per heavy atom. The Balaban J connectivity index is 2.25. The summed E-state index contributed by atoms with van der Waals surface area (Å²) in [6.45, 7) is 3.74. The van der Waals surface area contributed by atoms with Crippen LogP contribution in [-0.4, -0.2) is 39.4 Å². The number of likely N-dealkylation sites (tertiary alicyclic amines) is 1. The Kier molecular flexibility index (Phi) is 4.39. The van der Waals surface area contributed by atoms with Crippen molar-refractivity contribution in [2.45, 2.75) is 38.8 Å². The summed E-state index contributed by atoms with van der Waals surface area (Å²) in [7, 11) is 0. The molecule has 1 unspecified atom stereocenters. The van der Waals surface area contributed by atoms with Gasteiger partial charge in [-0.15, -0.1) is 0 Å². The van der Waals surface area contributed by atoms with E-state index in [-0.39, 0.29) is 17.6 Å². The number of carbonyl (C=O) groups excluding carboxylic acids is 1. The minimum atomic E-state index is -0.467. The summed E-state index contributed by atoms with van der Waals surface area (Å²) in [5.74, 6) is -0.165. The van der Waals surface area contributed by atoms with Crippen LogP contribution in [0.2, 0.25) is 0 Å². The van der Waals surface area contributed by atoms with Crippen molar-refractivity contribution in [1.82, 2.24) is 9.47 Å². The Hall–Kier alpha value is -1.89. The summed E-state index contributed by atoms with van der Waals surface area (Å²) in [5.41, 5.74) is 6.23. The van der Waals surface area contributed by atoms with Crippen LogP contribution in [0.1, 0.15) is 36.7 Å². The van der Waals surface area contributed by atoms with Gasteiger partial charge in [-0.1, -0.05) is 6.92 Å². The van der Waals surface area contributed by atoms with E-state index in [4.69, 9.17) is 5.73 Å². The number of hydrogen-bond donors (Lipinski definition) is 1. The summed E-state index contributed by atoms with van der Waals surface area (Å²) < 4.78 is 1.67. The fourth-order valence-corrected chi connectivity index (χ4v) is 2.56. The van der Waals surface area contributed by atoms with Crippen molar-refractivity contribution in [3.63, 3.8) is 0 Å². The van der Waals surface area contributed by atoms with Crippen molar-refractivity contribution >= 4 is 11.6 Å². The molecule has 0 bridgehead atoms. The molecule has 1 aromatic rings. The van der Waals surface area contributed by atoms with E-state index in [9.17, 15) is 14.9 Å². The summed E-state index contributed by atoms with van der Waals surface area (Å²) in [6.07, 6.45) is 4.04. The van der Waals surface area contributed by atoms with Crippen LogP contribution in [0, 0.1) is 10.1 Å². The molecule has 1 aromatic heterocycles. The van der Waals surface area contributed by atoms with Crippen molar-refractivity contribution < 1.29 is 9.72 Å². The standard InChI is InChI=1S/C13H20N4O3/c1-2-5-15-9-11(17(19)20)7-12(15)13(18)16-6-3-4-10(14)8-16/h7,9-10H,2-6,8,14H2,1H3. The van der Waals surface area contributed by atoms with E-state index < -0.39 is 4.92 Å². The van der Waals surface area contributed by atoms with Crippen LogP contribution in [0.4, 0.5) is 5.69 Å². The third kappa shape index (κ3) is 2.98. The highest BCUT2D eigenvalue weighted by Gasteiger charge is 2.26. The Bertz CT molecular complexity index is 512. The van der Waals surface area contributed by atoms with Crippen LogP contribution in [0.5, 0.6) is 0 Å². The van der Waals surface area contributed by atoms with Crippen molar-refractivity contribution in [2.75, 3.05) is 13.1 Å². The normalized spacial score (nSPS) is 19.1. The van der Waals surface area contributed by atoms with Crippen molar-refractivity contribution in [2.24, 2.45) is 5.73 Å². The Morgan fingerprint density at radius 2 is 2.35 bits per heavy atom. The van der Waals surface area contributed by atoms with Gasteiger partial charge in [0.15, 0.2) is 0 Å². The molecule has 7 nitrogen and oxygen atoms in total. The van der Waals surface area contributed by atoms with E-state index in [0.29, 0.717) is 25.3 Å². The highest BCUT2D eigenvalue weighted by atomic mass is 16.6. The van der Waals surface area contributed by atoms with Gasteiger partial charge in [-0.25, -0.2) is 0 Å². The fraction of sp³-hybridized carbons (Fsp3) is 0.615. The smallest absolute Gasteiger partial charge is 0.287 e. The molecule has 0 spiro atoms. The zero-order valence-corrected chi connectivity index (χ0v) is 11.6. The molecule has 1 saturated heterocycles. The lowest BCUT2D eigenvalue weighted by molar-refractivity contribution is -0.384. The molecule has 2 heterocycles. The van der Waals surface area contributed by atoms with E-state index in [1.165, 1.54) is 12.3 Å². The number of amides is 1. The number of nitrogens with two attached hydrogens (primary N) is 1. The highest BCUT2D eigenvalue weighted by Crippen LogP contribution is 2.20. The van der Waals surface area contributed by atoms with Gasteiger partial charge in [0, 0.05) is 31.7 Å². The molecule has 7 heteroatoms. The van der Waals surface area contributed by atoms with Crippen LogP contribution in [-0.2, 0) is 6.54 Å². The molecule has 1 atom stereocenters. The van der Waals surface area contributed by atoms with Gasteiger partial charge in [-0.2, -0.15) is 0 Å². The van der Waals surface area contributed by atoms with Crippen LogP contribution < -0.4 is 5.73 Å². The van der Waals surface area contributed by atoms with Crippen molar-refractivity contribution in [1.29, 1.82) is 0 Å². The van der Waals surface area contributed by atoms with Gasteiger partial charge in [0.25, 0.3) is 11.6 Å². The minimum absolute atomic E-state index is 0.00252. The quantitative estimate of drug-likeness (QED) is 0.665. The predicted octanol–water partition coefficient (Wildman–Crippen LogP) is 1.37. The second kappa shape index (κ2) is 6.04. The third-order valence-corrected chi connectivity index (χ3v) is 3.52. The summed E-state index contributed by atoms with van der Waals surface area (Å²) in [4.78, 5) is 24.6. The molecule has 0 radical (unpaired) electrons. The summed E-state index contributed by atoms with van der Waals surface area (Å²) in [5, 5.41) is 10.9. The monoisotopic (exact) mass is 280 g/mol. The first-order valence-electron chi connectivity index (χ1n) is 6.92. The number of hydrogen-bond acceptors (Lipinski definition) is 4. The molecule has 0 aliphatic carbocycles. The van der Waals surface area contributed by atoms with E-state index >= 15 is 0 Å². The Labute approximate surface area is 117 Å². The average Bonchev–Trinajstić information content (AvgIpc) is 2.82. The topological polar surface area (TPSA) is 94.4 Å².